The molecule has 7 nitrogen and oxygen atoms in total. The molecule has 0 aliphatic carbocycles. The fourth-order valence-electron chi connectivity index (χ4n) is 2.54. The molecular weight excluding hydrogens is 368 g/mol. The second kappa shape index (κ2) is 7.76. The van der Waals surface area contributed by atoms with E-state index in [1.807, 2.05) is 44.4 Å². The molecule has 3 aromatic rings. The van der Waals surface area contributed by atoms with E-state index in [4.69, 9.17) is 0 Å². The maximum atomic E-state index is 12.5. The quantitative estimate of drug-likeness (QED) is 0.603. The second-order valence-electron chi connectivity index (χ2n) is 5.76. The monoisotopic (exact) mass is 384 g/mol. The maximum absolute atomic E-state index is 12.5. The Bertz CT molecular complexity index is 967. The Balaban J connectivity index is 1.78. The first-order valence-electron chi connectivity index (χ1n) is 7.83. The average Bonchev–Trinajstić information content (AvgIpc) is 3.23. The van der Waals surface area contributed by atoms with Crippen LogP contribution in [0.3, 0.4) is 0 Å². The van der Waals surface area contributed by atoms with Gasteiger partial charge in [-0.25, -0.2) is 4.98 Å². The number of thiazole rings is 1. The maximum Gasteiger partial charge on any atom is 0.214 e. The molecule has 0 radical (unpaired) electrons. The van der Waals surface area contributed by atoms with Gasteiger partial charge in [-0.1, -0.05) is 30.0 Å². The Labute approximate surface area is 159 Å². The molecule has 1 atom stereocenters. The van der Waals surface area contributed by atoms with Gasteiger partial charge in [-0.2, -0.15) is 9.94 Å². The molecular formula is C17H16N6OS2. The molecule has 1 aromatic carbocycles. The highest BCUT2D eigenvalue weighted by Gasteiger charge is 2.24. The molecule has 9 heteroatoms. The van der Waals surface area contributed by atoms with Gasteiger partial charge in [-0.05, 0) is 42.3 Å². The van der Waals surface area contributed by atoms with Crippen LogP contribution >= 0.6 is 23.1 Å². The lowest BCUT2D eigenvalue weighted by Gasteiger charge is -2.10. The first-order valence-corrected chi connectivity index (χ1v) is 9.70. The second-order valence-corrected chi connectivity index (χ2v) is 7.59. The number of ketones is 1. The average molecular weight is 384 g/mol. The van der Waals surface area contributed by atoms with Crippen LogP contribution in [0, 0.1) is 32.1 Å². The van der Waals surface area contributed by atoms with Gasteiger partial charge in [0.25, 0.3) is 0 Å². The van der Waals surface area contributed by atoms with Crippen molar-refractivity contribution in [2.45, 2.75) is 31.8 Å². The van der Waals surface area contributed by atoms with Crippen LogP contribution in [-0.2, 0) is 4.79 Å². The van der Waals surface area contributed by atoms with Crippen molar-refractivity contribution >= 4 is 28.9 Å². The largest absolute Gasteiger partial charge is 0.297 e. The van der Waals surface area contributed by atoms with E-state index in [0.717, 1.165) is 22.5 Å². The number of hydrogen-bond acceptors (Lipinski definition) is 8. The topological polar surface area (TPSA) is 97.4 Å². The molecule has 132 valence electrons. The zero-order valence-corrected chi connectivity index (χ0v) is 16.1. The summed E-state index contributed by atoms with van der Waals surface area (Å²) in [6, 6.07) is 8.00. The predicted molar refractivity (Wildman–Crippen MR) is 99.6 cm³/mol. The van der Waals surface area contributed by atoms with E-state index in [2.05, 4.69) is 26.6 Å². The van der Waals surface area contributed by atoms with Crippen molar-refractivity contribution in [3.63, 3.8) is 0 Å². The molecule has 0 unspecified atom stereocenters. The first kappa shape index (κ1) is 18.2. The smallest absolute Gasteiger partial charge is 0.214 e. The minimum atomic E-state index is -0.856. The van der Waals surface area contributed by atoms with Crippen LogP contribution in [0.2, 0.25) is 0 Å². The first-order chi connectivity index (χ1) is 12.5. The number of para-hydroxylation sites is 1. The minimum Gasteiger partial charge on any atom is -0.297 e. The highest BCUT2D eigenvalue weighted by molar-refractivity contribution is 7.99. The Kier molecular flexibility index (Phi) is 5.44. The van der Waals surface area contributed by atoms with Crippen molar-refractivity contribution in [1.29, 1.82) is 5.26 Å². The summed E-state index contributed by atoms with van der Waals surface area (Å²) in [6.07, 6.45) is 0. The Morgan fingerprint density at radius 2 is 2.08 bits per heavy atom. The highest BCUT2D eigenvalue weighted by Crippen LogP contribution is 2.26. The molecule has 0 aliphatic heterocycles. The molecule has 0 saturated heterocycles. The number of aromatic nitrogens is 5. The third-order valence-electron chi connectivity index (χ3n) is 3.77. The molecule has 26 heavy (non-hydrogen) atoms. The van der Waals surface area contributed by atoms with Gasteiger partial charge < -0.3 is 0 Å². The SMILES string of the molecule is Cc1csc([C@H](C#N)C(=O)CSc2nnnn2-c2c(C)cccc2C)n1. The van der Waals surface area contributed by atoms with E-state index >= 15 is 0 Å². The van der Waals surface area contributed by atoms with E-state index in [1.165, 1.54) is 23.1 Å². The normalized spacial score (nSPS) is 11.9. The van der Waals surface area contributed by atoms with Crippen molar-refractivity contribution in [3.8, 4) is 11.8 Å². The molecule has 0 spiro atoms. The van der Waals surface area contributed by atoms with E-state index in [0.29, 0.717) is 10.2 Å². The number of nitrogens with zero attached hydrogens (tertiary/aromatic N) is 6. The predicted octanol–water partition coefficient (Wildman–Crippen LogP) is 3.01. The summed E-state index contributed by atoms with van der Waals surface area (Å²) in [7, 11) is 0. The van der Waals surface area contributed by atoms with Crippen molar-refractivity contribution in [2.24, 2.45) is 0 Å². The van der Waals surface area contributed by atoms with Crippen LogP contribution in [-0.4, -0.2) is 36.7 Å². The molecule has 0 bridgehead atoms. The Morgan fingerprint density at radius 3 is 2.69 bits per heavy atom. The number of aryl methyl sites for hydroxylation is 3. The van der Waals surface area contributed by atoms with Crippen LogP contribution in [0.25, 0.3) is 5.69 Å². The molecule has 0 amide bonds. The van der Waals surface area contributed by atoms with Gasteiger partial charge in [-0.15, -0.1) is 16.4 Å². The zero-order valence-electron chi connectivity index (χ0n) is 14.5. The molecule has 2 aromatic heterocycles. The van der Waals surface area contributed by atoms with E-state index in [-0.39, 0.29) is 11.5 Å². The van der Waals surface area contributed by atoms with Crippen LogP contribution in [0.4, 0.5) is 0 Å². The van der Waals surface area contributed by atoms with Gasteiger partial charge in [0.1, 0.15) is 5.01 Å². The standard InChI is InChI=1S/C17H16N6OS2/c1-10-5-4-6-11(2)15(10)23-17(20-21-22-23)26-9-14(24)13(7-18)16-19-12(3)8-25-16/h4-6,8,13H,9H2,1-3H3/t13-/m1/s1. The minimum absolute atomic E-state index is 0.0994. The number of carbonyl (C=O) groups excluding carboxylic acids is 1. The summed E-state index contributed by atoms with van der Waals surface area (Å²) >= 11 is 2.55. The third kappa shape index (κ3) is 3.66. The van der Waals surface area contributed by atoms with Gasteiger partial charge in [0, 0.05) is 11.1 Å². The van der Waals surface area contributed by atoms with Crippen molar-refractivity contribution in [2.75, 3.05) is 5.75 Å². The van der Waals surface area contributed by atoms with Crippen LogP contribution in [0.1, 0.15) is 27.7 Å². The number of tetrazole rings is 1. The zero-order chi connectivity index (χ0) is 18.7. The van der Waals surface area contributed by atoms with Gasteiger partial charge in [-0.3, -0.25) is 4.79 Å². The molecule has 0 aliphatic rings. The number of thioether (sulfide) groups is 1. The van der Waals surface area contributed by atoms with Gasteiger partial charge in [0.2, 0.25) is 5.16 Å². The van der Waals surface area contributed by atoms with Crippen molar-refractivity contribution in [1.82, 2.24) is 25.2 Å². The number of carbonyl (C=O) groups is 1. The summed E-state index contributed by atoms with van der Waals surface area (Å²) in [5.74, 6) is -0.962. The number of rotatable bonds is 6. The van der Waals surface area contributed by atoms with E-state index in [9.17, 15) is 10.1 Å². The molecule has 0 N–H and O–H groups in total. The fraction of sp³-hybridized carbons (Fsp3) is 0.294. The van der Waals surface area contributed by atoms with Crippen molar-refractivity contribution in [3.05, 3.63) is 45.4 Å². The Morgan fingerprint density at radius 1 is 1.35 bits per heavy atom. The molecule has 2 heterocycles. The van der Waals surface area contributed by atoms with Gasteiger partial charge in [0.15, 0.2) is 11.7 Å². The third-order valence-corrected chi connectivity index (χ3v) is 5.74. The summed E-state index contributed by atoms with van der Waals surface area (Å²) in [5.41, 5.74) is 3.79. The molecule has 3 rings (SSSR count). The Hall–Kier alpha value is -2.57. The number of hydrogen-bond donors (Lipinski definition) is 0. The summed E-state index contributed by atoms with van der Waals surface area (Å²) in [6.45, 7) is 5.81. The summed E-state index contributed by atoms with van der Waals surface area (Å²) in [5, 5.41) is 24.1. The number of benzene rings is 1. The van der Waals surface area contributed by atoms with Crippen LogP contribution in [0.15, 0.2) is 28.7 Å². The van der Waals surface area contributed by atoms with Gasteiger partial charge >= 0.3 is 0 Å². The summed E-state index contributed by atoms with van der Waals surface area (Å²) in [4.78, 5) is 16.8. The van der Waals surface area contributed by atoms with Crippen LogP contribution < -0.4 is 0 Å². The lowest BCUT2D eigenvalue weighted by atomic mass is 10.1. The molecule has 0 fully saturated rings. The van der Waals surface area contributed by atoms with E-state index < -0.39 is 5.92 Å². The molecule has 0 saturated carbocycles. The van der Waals surface area contributed by atoms with E-state index in [1.54, 1.807) is 4.68 Å². The summed E-state index contributed by atoms with van der Waals surface area (Å²) < 4.78 is 1.64. The number of nitriles is 1. The number of Topliss-reactive ketones (excluding diaryl/α,β-unsaturated/α-hetero) is 1. The van der Waals surface area contributed by atoms with Crippen LogP contribution in [0.5, 0.6) is 0 Å². The van der Waals surface area contributed by atoms with Crippen molar-refractivity contribution < 1.29 is 4.79 Å². The fourth-order valence-corrected chi connectivity index (χ4v) is 4.18. The highest BCUT2D eigenvalue weighted by atomic mass is 32.2. The lowest BCUT2D eigenvalue weighted by molar-refractivity contribution is -0.116. The van der Waals surface area contributed by atoms with Gasteiger partial charge in [0.05, 0.1) is 17.5 Å². The lowest BCUT2D eigenvalue weighted by Crippen LogP contribution is -2.14.